The number of carbonyl (C=O) groups is 2. The van der Waals surface area contributed by atoms with Gasteiger partial charge in [0.05, 0.1) is 0 Å². The minimum Gasteiger partial charge on any atom is -0.318 e. The normalized spacial score (nSPS) is 10.2. The van der Waals surface area contributed by atoms with Gasteiger partial charge in [0, 0.05) is 20.9 Å². The van der Waals surface area contributed by atoms with Gasteiger partial charge in [-0.25, -0.2) is 0 Å². The molecule has 2 amide bonds. The SMILES string of the molecule is Cc1cc(NC(=O)C(=O)Nc2cccc(Cl)c2C)ccc1Br. The fourth-order valence-corrected chi connectivity index (χ4v) is 2.25. The zero-order chi connectivity index (χ0) is 16.3. The lowest BCUT2D eigenvalue weighted by molar-refractivity contribution is -0.133. The van der Waals surface area contributed by atoms with Crippen LogP contribution in [0.1, 0.15) is 11.1 Å². The van der Waals surface area contributed by atoms with Crippen molar-refractivity contribution in [2.45, 2.75) is 13.8 Å². The zero-order valence-electron chi connectivity index (χ0n) is 12.0. The average molecular weight is 382 g/mol. The smallest absolute Gasteiger partial charge is 0.314 e. The molecule has 0 atom stereocenters. The van der Waals surface area contributed by atoms with E-state index in [1.165, 1.54) is 0 Å². The van der Waals surface area contributed by atoms with E-state index in [0.717, 1.165) is 10.0 Å². The van der Waals surface area contributed by atoms with Gasteiger partial charge in [0.25, 0.3) is 0 Å². The summed E-state index contributed by atoms with van der Waals surface area (Å²) in [6, 6.07) is 10.4. The number of hydrogen-bond donors (Lipinski definition) is 2. The molecule has 6 heteroatoms. The molecule has 0 heterocycles. The Bertz CT molecular complexity index is 747. The Hall–Kier alpha value is -1.85. The van der Waals surface area contributed by atoms with Gasteiger partial charge in [-0.3, -0.25) is 9.59 Å². The number of anilines is 2. The highest BCUT2D eigenvalue weighted by Crippen LogP contribution is 2.23. The molecule has 0 aliphatic heterocycles. The van der Waals surface area contributed by atoms with Gasteiger partial charge in [-0.15, -0.1) is 0 Å². The maximum absolute atomic E-state index is 12.0. The van der Waals surface area contributed by atoms with E-state index in [2.05, 4.69) is 26.6 Å². The van der Waals surface area contributed by atoms with Crippen molar-refractivity contribution >= 4 is 50.7 Å². The van der Waals surface area contributed by atoms with Crippen molar-refractivity contribution in [1.29, 1.82) is 0 Å². The van der Waals surface area contributed by atoms with Crippen molar-refractivity contribution in [2.24, 2.45) is 0 Å². The lowest BCUT2D eigenvalue weighted by Gasteiger charge is -2.10. The molecule has 0 fully saturated rings. The van der Waals surface area contributed by atoms with Crippen LogP contribution in [0, 0.1) is 13.8 Å². The highest BCUT2D eigenvalue weighted by atomic mass is 79.9. The lowest BCUT2D eigenvalue weighted by Crippen LogP contribution is -2.29. The van der Waals surface area contributed by atoms with Gasteiger partial charge in [0.2, 0.25) is 0 Å². The number of benzene rings is 2. The molecule has 0 bridgehead atoms. The quantitative estimate of drug-likeness (QED) is 0.762. The fourth-order valence-electron chi connectivity index (χ4n) is 1.83. The Morgan fingerprint density at radius 3 is 2.41 bits per heavy atom. The summed E-state index contributed by atoms with van der Waals surface area (Å²) in [5, 5.41) is 5.64. The van der Waals surface area contributed by atoms with Crippen LogP contribution in [0.5, 0.6) is 0 Å². The van der Waals surface area contributed by atoms with E-state index in [1.54, 1.807) is 37.3 Å². The number of carbonyl (C=O) groups excluding carboxylic acids is 2. The topological polar surface area (TPSA) is 58.2 Å². The zero-order valence-corrected chi connectivity index (χ0v) is 14.4. The summed E-state index contributed by atoms with van der Waals surface area (Å²) in [5.41, 5.74) is 2.75. The Kier molecular flexibility index (Phi) is 5.21. The molecule has 2 N–H and O–H groups in total. The third-order valence-electron chi connectivity index (χ3n) is 3.14. The van der Waals surface area contributed by atoms with E-state index in [9.17, 15) is 9.59 Å². The minimum atomic E-state index is -0.745. The molecule has 0 aliphatic rings. The van der Waals surface area contributed by atoms with Gasteiger partial charge in [0.15, 0.2) is 0 Å². The van der Waals surface area contributed by atoms with Crippen LogP contribution < -0.4 is 10.6 Å². The maximum Gasteiger partial charge on any atom is 0.314 e. The molecule has 2 rings (SSSR count). The molecule has 0 saturated heterocycles. The second-order valence-electron chi connectivity index (χ2n) is 4.78. The molecule has 0 unspecified atom stereocenters. The van der Waals surface area contributed by atoms with Crippen molar-refractivity contribution in [3.63, 3.8) is 0 Å². The standard InChI is InChI=1S/C16H14BrClN2O2/c1-9-8-11(6-7-12(9)17)19-15(21)16(22)20-14-5-3-4-13(18)10(14)2/h3-8H,1-2H3,(H,19,21)(H,20,22). The first-order valence-electron chi connectivity index (χ1n) is 6.52. The molecule has 0 spiro atoms. The van der Waals surface area contributed by atoms with Crippen LogP contribution in [-0.4, -0.2) is 11.8 Å². The molecule has 0 aliphatic carbocycles. The lowest BCUT2D eigenvalue weighted by atomic mass is 10.2. The van der Waals surface area contributed by atoms with E-state index in [1.807, 2.05) is 13.0 Å². The molecule has 2 aromatic carbocycles. The Balaban J connectivity index is 2.07. The third-order valence-corrected chi connectivity index (χ3v) is 4.44. The number of amides is 2. The summed E-state index contributed by atoms with van der Waals surface area (Å²) < 4.78 is 0.935. The Morgan fingerprint density at radius 1 is 1.05 bits per heavy atom. The van der Waals surface area contributed by atoms with Crippen LogP contribution in [0.15, 0.2) is 40.9 Å². The predicted octanol–water partition coefficient (Wildman–Crippen LogP) is 4.30. The van der Waals surface area contributed by atoms with E-state index >= 15 is 0 Å². The first-order chi connectivity index (χ1) is 10.4. The number of nitrogens with one attached hydrogen (secondary N) is 2. The average Bonchev–Trinajstić information content (AvgIpc) is 2.47. The fraction of sp³-hybridized carbons (Fsp3) is 0.125. The number of hydrogen-bond acceptors (Lipinski definition) is 2. The summed E-state index contributed by atoms with van der Waals surface area (Å²) in [6.45, 7) is 3.67. The summed E-state index contributed by atoms with van der Waals surface area (Å²) in [7, 11) is 0. The molecular formula is C16H14BrClN2O2. The van der Waals surface area contributed by atoms with E-state index < -0.39 is 11.8 Å². The van der Waals surface area contributed by atoms with Crippen molar-refractivity contribution in [3.05, 3.63) is 57.0 Å². The molecule has 0 saturated carbocycles. The highest BCUT2D eigenvalue weighted by molar-refractivity contribution is 9.10. The Morgan fingerprint density at radius 2 is 1.73 bits per heavy atom. The molecular weight excluding hydrogens is 368 g/mol. The van der Waals surface area contributed by atoms with E-state index in [4.69, 9.17) is 11.6 Å². The molecule has 4 nitrogen and oxygen atoms in total. The van der Waals surface area contributed by atoms with Gasteiger partial charge in [-0.1, -0.05) is 33.6 Å². The first-order valence-corrected chi connectivity index (χ1v) is 7.69. The van der Waals surface area contributed by atoms with Crippen molar-refractivity contribution < 1.29 is 9.59 Å². The molecule has 0 radical (unpaired) electrons. The van der Waals surface area contributed by atoms with Gasteiger partial charge >= 0.3 is 11.8 Å². The molecule has 2 aromatic rings. The van der Waals surface area contributed by atoms with Crippen molar-refractivity contribution in [2.75, 3.05) is 10.6 Å². The van der Waals surface area contributed by atoms with Crippen LogP contribution in [0.3, 0.4) is 0 Å². The monoisotopic (exact) mass is 380 g/mol. The number of halogens is 2. The van der Waals surface area contributed by atoms with E-state index in [-0.39, 0.29) is 0 Å². The van der Waals surface area contributed by atoms with Gasteiger partial charge in [-0.05, 0) is 55.3 Å². The summed E-state index contributed by atoms with van der Waals surface area (Å²) >= 11 is 9.36. The molecule has 0 aromatic heterocycles. The molecule has 22 heavy (non-hydrogen) atoms. The van der Waals surface area contributed by atoms with Crippen LogP contribution in [-0.2, 0) is 9.59 Å². The van der Waals surface area contributed by atoms with Crippen molar-refractivity contribution in [3.8, 4) is 0 Å². The summed E-state index contributed by atoms with van der Waals surface area (Å²) in [6.07, 6.45) is 0. The number of rotatable bonds is 2. The van der Waals surface area contributed by atoms with E-state index in [0.29, 0.717) is 22.0 Å². The van der Waals surface area contributed by atoms with Gasteiger partial charge in [-0.2, -0.15) is 0 Å². The summed E-state index contributed by atoms with van der Waals surface area (Å²) in [4.78, 5) is 23.9. The third kappa shape index (κ3) is 3.87. The second-order valence-corrected chi connectivity index (χ2v) is 6.05. The predicted molar refractivity (Wildman–Crippen MR) is 92.3 cm³/mol. The van der Waals surface area contributed by atoms with Gasteiger partial charge in [0.1, 0.15) is 0 Å². The minimum absolute atomic E-state index is 0.514. The first kappa shape index (κ1) is 16.5. The van der Waals surface area contributed by atoms with Crippen molar-refractivity contribution in [1.82, 2.24) is 0 Å². The van der Waals surface area contributed by atoms with Crippen LogP contribution >= 0.6 is 27.5 Å². The van der Waals surface area contributed by atoms with Crippen LogP contribution in [0.4, 0.5) is 11.4 Å². The maximum atomic E-state index is 12.0. The Labute approximate surface area is 142 Å². The second kappa shape index (κ2) is 6.94. The van der Waals surface area contributed by atoms with Crippen LogP contribution in [0.2, 0.25) is 5.02 Å². The largest absolute Gasteiger partial charge is 0.318 e. The van der Waals surface area contributed by atoms with Crippen LogP contribution in [0.25, 0.3) is 0 Å². The summed E-state index contributed by atoms with van der Waals surface area (Å²) in [5.74, 6) is -1.48. The van der Waals surface area contributed by atoms with Gasteiger partial charge < -0.3 is 10.6 Å². The highest BCUT2D eigenvalue weighted by Gasteiger charge is 2.15. The number of aryl methyl sites for hydroxylation is 1. The molecule has 114 valence electrons.